The van der Waals surface area contributed by atoms with Gasteiger partial charge in [-0.3, -0.25) is 9.63 Å². The van der Waals surface area contributed by atoms with Crippen LogP contribution in [-0.2, 0) is 9.63 Å². The van der Waals surface area contributed by atoms with Crippen molar-refractivity contribution in [2.75, 3.05) is 6.54 Å². The fraction of sp³-hybridized carbons (Fsp3) is 0.957. The number of amides is 1. The second-order valence-electron chi connectivity index (χ2n) is 8.19. The van der Waals surface area contributed by atoms with Gasteiger partial charge >= 0.3 is 0 Å². The monoisotopic (exact) mass is 399 g/mol. The van der Waals surface area contributed by atoms with Crippen molar-refractivity contribution in [3.8, 4) is 0 Å². The minimum Gasteiger partial charge on any atom is -0.351 e. The van der Waals surface area contributed by atoms with Gasteiger partial charge in [-0.15, -0.1) is 0 Å². The van der Waals surface area contributed by atoms with Crippen LogP contribution in [0.15, 0.2) is 0 Å². The SMILES string of the molecule is CCCCCCCCCCCCCCCCCC(=O)NC(CC)C(CN)ON. The zero-order valence-electron chi connectivity index (χ0n) is 18.9. The molecule has 0 saturated heterocycles. The number of carbonyl (C=O) groups excluding carboxylic acids is 1. The Morgan fingerprint density at radius 2 is 1.21 bits per heavy atom. The summed E-state index contributed by atoms with van der Waals surface area (Å²) in [6, 6.07) is -0.0983. The van der Waals surface area contributed by atoms with Gasteiger partial charge in [0.2, 0.25) is 5.91 Å². The van der Waals surface area contributed by atoms with Crippen LogP contribution in [0, 0.1) is 0 Å². The maximum atomic E-state index is 12.0. The average molecular weight is 400 g/mol. The van der Waals surface area contributed by atoms with Gasteiger partial charge in [0.25, 0.3) is 0 Å². The highest BCUT2D eigenvalue weighted by Gasteiger charge is 2.20. The molecule has 1 amide bonds. The van der Waals surface area contributed by atoms with Gasteiger partial charge in [0.1, 0.15) is 6.10 Å². The quantitative estimate of drug-likeness (QED) is 0.179. The highest BCUT2D eigenvalue weighted by molar-refractivity contribution is 5.76. The lowest BCUT2D eigenvalue weighted by molar-refractivity contribution is -0.123. The Labute approximate surface area is 174 Å². The van der Waals surface area contributed by atoms with E-state index < -0.39 is 0 Å². The lowest BCUT2D eigenvalue weighted by Crippen LogP contribution is -2.48. The summed E-state index contributed by atoms with van der Waals surface area (Å²) < 4.78 is 0. The molecule has 0 bridgehead atoms. The Hall–Kier alpha value is -0.650. The van der Waals surface area contributed by atoms with Gasteiger partial charge in [-0.2, -0.15) is 0 Å². The number of nitrogens with one attached hydrogen (secondary N) is 1. The molecule has 168 valence electrons. The van der Waals surface area contributed by atoms with Gasteiger partial charge in [0.15, 0.2) is 0 Å². The summed E-state index contributed by atoms with van der Waals surface area (Å²) in [6.45, 7) is 4.59. The van der Waals surface area contributed by atoms with Gasteiger partial charge in [-0.1, -0.05) is 104 Å². The molecule has 5 N–H and O–H groups in total. The number of hydrogen-bond acceptors (Lipinski definition) is 4. The molecule has 2 atom stereocenters. The van der Waals surface area contributed by atoms with Crippen molar-refractivity contribution in [2.24, 2.45) is 11.6 Å². The molecule has 0 aliphatic carbocycles. The van der Waals surface area contributed by atoms with E-state index >= 15 is 0 Å². The molecular weight excluding hydrogens is 350 g/mol. The van der Waals surface area contributed by atoms with E-state index in [2.05, 4.69) is 12.2 Å². The highest BCUT2D eigenvalue weighted by Crippen LogP contribution is 2.13. The Bertz CT molecular complexity index is 336. The molecule has 0 rings (SSSR count). The highest BCUT2D eigenvalue weighted by atomic mass is 16.6. The lowest BCUT2D eigenvalue weighted by Gasteiger charge is -2.24. The third-order valence-electron chi connectivity index (χ3n) is 5.65. The normalized spacial score (nSPS) is 13.4. The standard InChI is InChI=1S/C23H49N3O2/c1-3-5-6-7-8-9-10-11-12-13-14-15-16-17-18-19-23(27)26-21(4-2)22(20-24)28-25/h21-22H,3-20,24-25H2,1-2H3,(H,26,27). The molecule has 0 aromatic rings. The van der Waals surface area contributed by atoms with Crippen molar-refractivity contribution in [3.63, 3.8) is 0 Å². The molecule has 0 fully saturated rings. The number of carbonyl (C=O) groups is 1. The van der Waals surface area contributed by atoms with Crippen LogP contribution in [0.2, 0.25) is 0 Å². The molecule has 0 aromatic heterocycles. The molecular formula is C23H49N3O2. The Morgan fingerprint density at radius 3 is 1.57 bits per heavy atom. The number of rotatable bonds is 21. The average Bonchev–Trinajstić information content (AvgIpc) is 2.70. The molecule has 0 aliphatic rings. The van der Waals surface area contributed by atoms with Crippen LogP contribution in [-0.4, -0.2) is 24.6 Å². The Balaban J connectivity index is 3.39. The zero-order chi connectivity index (χ0) is 20.9. The summed E-state index contributed by atoms with van der Waals surface area (Å²) in [5.74, 6) is 5.32. The summed E-state index contributed by atoms with van der Waals surface area (Å²) in [4.78, 5) is 16.9. The van der Waals surface area contributed by atoms with Crippen LogP contribution in [0.25, 0.3) is 0 Å². The molecule has 2 unspecified atom stereocenters. The minimum absolute atomic E-state index is 0.0806. The fourth-order valence-corrected chi connectivity index (χ4v) is 3.71. The van der Waals surface area contributed by atoms with Crippen LogP contribution in [0.5, 0.6) is 0 Å². The van der Waals surface area contributed by atoms with Gasteiger partial charge in [0.05, 0.1) is 6.04 Å². The third-order valence-corrected chi connectivity index (χ3v) is 5.65. The second-order valence-corrected chi connectivity index (χ2v) is 8.19. The van der Waals surface area contributed by atoms with Crippen molar-refractivity contribution in [3.05, 3.63) is 0 Å². The predicted octanol–water partition coefficient (Wildman–Crippen LogP) is 5.36. The molecule has 0 aromatic carbocycles. The zero-order valence-corrected chi connectivity index (χ0v) is 18.9. The van der Waals surface area contributed by atoms with Crippen LogP contribution in [0.1, 0.15) is 123 Å². The molecule has 0 radical (unpaired) electrons. The van der Waals surface area contributed by atoms with E-state index in [1.54, 1.807) is 0 Å². The van der Waals surface area contributed by atoms with E-state index in [-0.39, 0.29) is 18.1 Å². The van der Waals surface area contributed by atoms with E-state index in [9.17, 15) is 4.79 Å². The maximum Gasteiger partial charge on any atom is 0.220 e. The maximum absolute atomic E-state index is 12.0. The Kier molecular flexibility index (Phi) is 20.6. The van der Waals surface area contributed by atoms with Gasteiger partial charge in [0, 0.05) is 13.0 Å². The molecule has 5 nitrogen and oxygen atoms in total. The van der Waals surface area contributed by atoms with Gasteiger partial charge in [-0.25, -0.2) is 5.90 Å². The van der Waals surface area contributed by atoms with Gasteiger partial charge < -0.3 is 11.1 Å². The van der Waals surface area contributed by atoms with Crippen molar-refractivity contribution in [1.82, 2.24) is 5.32 Å². The first-order chi connectivity index (χ1) is 13.7. The molecule has 0 spiro atoms. The smallest absolute Gasteiger partial charge is 0.220 e. The van der Waals surface area contributed by atoms with Crippen molar-refractivity contribution < 1.29 is 9.63 Å². The van der Waals surface area contributed by atoms with E-state index in [4.69, 9.17) is 16.5 Å². The van der Waals surface area contributed by atoms with Crippen LogP contribution >= 0.6 is 0 Å². The second kappa shape index (κ2) is 21.1. The first-order valence-electron chi connectivity index (χ1n) is 12.0. The largest absolute Gasteiger partial charge is 0.351 e. The van der Waals surface area contributed by atoms with Gasteiger partial charge in [-0.05, 0) is 12.8 Å². The first kappa shape index (κ1) is 27.4. The van der Waals surface area contributed by atoms with Crippen molar-refractivity contribution in [1.29, 1.82) is 0 Å². The number of nitrogens with two attached hydrogens (primary N) is 2. The molecule has 0 heterocycles. The molecule has 0 saturated carbocycles. The summed E-state index contributed by atoms with van der Waals surface area (Å²) >= 11 is 0. The summed E-state index contributed by atoms with van der Waals surface area (Å²) in [7, 11) is 0. The lowest BCUT2D eigenvalue weighted by atomic mass is 10.0. The van der Waals surface area contributed by atoms with E-state index in [1.165, 1.54) is 83.5 Å². The summed E-state index contributed by atoms with van der Waals surface area (Å²) in [5.41, 5.74) is 5.61. The number of unbranched alkanes of at least 4 members (excludes halogenated alkanes) is 14. The van der Waals surface area contributed by atoms with Crippen LogP contribution < -0.4 is 16.9 Å². The molecule has 28 heavy (non-hydrogen) atoms. The van der Waals surface area contributed by atoms with Crippen LogP contribution in [0.3, 0.4) is 0 Å². The van der Waals surface area contributed by atoms with Crippen molar-refractivity contribution in [2.45, 2.75) is 135 Å². The molecule has 0 aliphatic heterocycles. The summed E-state index contributed by atoms with van der Waals surface area (Å²) in [6.07, 6.45) is 21.0. The fourth-order valence-electron chi connectivity index (χ4n) is 3.71. The predicted molar refractivity (Wildman–Crippen MR) is 120 cm³/mol. The molecule has 5 heteroatoms. The van der Waals surface area contributed by atoms with E-state index in [1.807, 2.05) is 6.92 Å². The minimum atomic E-state index is -0.310. The van der Waals surface area contributed by atoms with E-state index in [0.29, 0.717) is 13.0 Å². The summed E-state index contributed by atoms with van der Waals surface area (Å²) in [5, 5.41) is 2.99. The van der Waals surface area contributed by atoms with Crippen LogP contribution in [0.4, 0.5) is 0 Å². The van der Waals surface area contributed by atoms with E-state index in [0.717, 1.165) is 19.3 Å². The first-order valence-corrected chi connectivity index (χ1v) is 12.0. The third kappa shape index (κ3) is 16.3. The topological polar surface area (TPSA) is 90.4 Å². The Morgan fingerprint density at radius 1 is 0.786 bits per heavy atom. The number of hydrogen-bond donors (Lipinski definition) is 3. The van der Waals surface area contributed by atoms with Crippen molar-refractivity contribution >= 4 is 5.91 Å².